The van der Waals surface area contributed by atoms with Crippen molar-refractivity contribution in [3.05, 3.63) is 82.7 Å². The number of thioether (sulfide) groups is 1. The number of benzene rings is 3. The van der Waals surface area contributed by atoms with Crippen molar-refractivity contribution in [3.63, 3.8) is 0 Å². The molecule has 4 N–H and O–H groups in total. The molecule has 3 aromatic carbocycles. The molecule has 0 bridgehead atoms. The van der Waals surface area contributed by atoms with Crippen LogP contribution in [-0.2, 0) is 16.0 Å². The van der Waals surface area contributed by atoms with E-state index in [9.17, 15) is 9.59 Å². The summed E-state index contributed by atoms with van der Waals surface area (Å²) in [4.78, 5) is 24.6. The lowest BCUT2D eigenvalue weighted by molar-refractivity contribution is -0.122. The minimum absolute atomic E-state index is 0.0689. The molecule has 0 unspecified atom stereocenters. The molecule has 1 aromatic heterocycles. The smallest absolute Gasteiger partial charge is 0.243 e. The molecule has 0 aliphatic rings. The standard InChI is InChI=1S/C26H28N6O2S/c1-16-11-17(2)25(18(3)12-16)29-23(33)14-28-24(34)15-35-26-31-30-22(32(26)27)13-20-9-6-8-19-7-4-5-10-21(19)20/h4-12H,13-15,27H2,1-3H3,(H,28,34)(H,29,33). The summed E-state index contributed by atoms with van der Waals surface area (Å²) in [5.41, 5.74) is 4.98. The number of aryl methyl sites for hydroxylation is 3. The van der Waals surface area contributed by atoms with E-state index < -0.39 is 0 Å². The number of carbonyl (C=O) groups is 2. The Hall–Kier alpha value is -3.85. The van der Waals surface area contributed by atoms with Crippen molar-refractivity contribution in [2.75, 3.05) is 23.5 Å². The largest absolute Gasteiger partial charge is 0.346 e. The van der Waals surface area contributed by atoms with Gasteiger partial charge in [0.15, 0.2) is 5.82 Å². The van der Waals surface area contributed by atoms with Gasteiger partial charge in [-0.15, -0.1) is 10.2 Å². The van der Waals surface area contributed by atoms with Crippen LogP contribution in [0.3, 0.4) is 0 Å². The highest BCUT2D eigenvalue weighted by molar-refractivity contribution is 7.99. The number of anilines is 1. The number of rotatable bonds is 8. The maximum absolute atomic E-state index is 12.3. The maximum atomic E-state index is 12.3. The maximum Gasteiger partial charge on any atom is 0.243 e. The molecule has 1 heterocycles. The van der Waals surface area contributed by atoms with Gasteiger partial charge in [0.05, 0.1) is 12.3 Å². The third-order valence-corrected chi connectivity index (χ3v) is 6.63. The van der Waals surface area contributed by atoms with E-state index in [-0.39, 0.29) is 24.1 Å². The third kappa shape index (κ3) is 5.81. The van der Waals surface area contributed by atoms with Crippen molar-refractivity contribution < 1.29 is 9.59 Å². The minimum atomic E-state index is -0.291. The lowest BCUT2D eigenvalue weighted by Crippen LogP contribution is -2.34. The first-order valence-corrected chi connectivity index (χ1v) is 12.2. The second-order valence-electron chi connectivity index (χ2n) is 8.47. The molecule has 4 aromatic rings. The van der Waals surface area contributed by atoms with Crippen LogP contribution in [0.25, 0.3) is 10.8 Å². The van der Waals surface area contributed by atoms with Gasteiger partial charge in [-0.25, -0.2) is 4.68 Å². The number of carbonyl (C=O) groups excluding carboxylic acids is 2. The summed E-state index contributed by atoms with van der Waals surface area (Å²) in [5.74, 6) is 6.31. The number of hydrogen-bond acceptors (Lipinski definition) is 6. The van der Waals surface area contributed by atoms with E-state index in [1.807, 2.05) is 57.2 Å². The molecule has 8 nitrogen and oxygen atoms in total. The molecule has 0 fully saturated rings. The Morgan fingerprint density at radius 1 is 0.971 bits per heavy atom. The summed E-state index contributed by atoms with van der Waals surface area (Å²) in [5, 5.41) is 16.6. The summed E-state index contributed by atoms with van der Waals surface area (Å²) >= 11 is 1.17. The van der Waals surface area contributed by atoms with E-state index in [1.165, 1.54) is 16.4 Å². The number of hydrogen-bond donors (Lipinski definition) is 3. The number of nitrogen functional groups attached to an aromatic ring is 1. The number of amides is 2. The van der Waals surface area contributed by atoms with Crippen LogP contribution in [0.5, 0.6) is 0 Å². The van der Waals surface area contributed by atoms with Crippen molar-refractivity contribution in [3.8, 4) is 0 Å². The van der Waals surface area contributed by atoms with Gasteiger partial charge >= 0.3 is 0 Å². The lowest BCUT2D eigenvalue weighted by Gasteiger charge is -2.13. The van der Waals surface area contributed by atoms with E-state index in [0.29, 0.717) is 17.4 Å². The van der Waals surface area contributed by atoms with Gasteiger partial charge in [-0.3, -0.25) is 9.59 Å². The Kier molecular flexibility index (Phi) is 7.36. The number of fused-ring (bicyclic) bond motifs is 1. The van der Waals surface area contributed by atoms with Crippen LogP contribution in [0.1, 0.15) is 28.1 Å². The molecule has 0 atom stereocenters. The highest BCUT2D eigenvalue weighted by Crippen LogP contribution is 2.23. The topological polar surface area (TPSA) is 115 Å². The quantitative estimate of drug-likeness (QED) is 0.258. The highest BCUT2D eigenvalue weighted by atomic mass is 32.2. The molecule has 35 heavy (non-hydrogen) atoms. The van der Waals surface area contributed by atoms with E-state index in [2.05, 4.69) is 39.0 Å². The second-order valence-corrected chi connectivity index (χ2v) is 9.41. The summed E-state index contributed by atoms with van der Waals surface area (Å²) in [6.07, 6.45) is 0.523. The van der Waals surface area contributed by atoms with Crippen molar-refractivity contribution >= 4 is 40.0 Å². The molecule has 0 saturated heterocycles. The van der Waals surface area contributed by atoms with Crippen molar-refractivity contribution in [1.29, 1.82) is 0 Å². The molecule has 0 radical (unpaired) electrons. The van der Waals surface area contributed by atoms with Gasteiger partial charge in [0.1, 0.15) is 0 Å². The Balaban J connectivity index is 1.30. The average molecular weight is 489 g/mol. The van der Waals surface area contributed by atoms with Gasteiger partial charge in [0.2, 0.25) is 17.0 Å². The van der Waals surface area contributed by atoms with Crippen LogP contribution in [-0.4, -0.2) is 39.0 Å². The van der Waals surface area contributed by atoms with Gasteiger partial charge in [0, 0.05) is 12.1 Å². The SMILES string of the molecule is Cc1cc(C)c(NC(=O)CNC(=O)CSc2nnc(Cc3cccc4ccccc34)n2N)c(C)c1. The predicted octanol–water partition coefficient (Wildman–Crippen LogP) is 3.51. The fourth-order valence-electron chi connectivity index (χ4n) is 4.06. The molecule has 9 heteroatoms. The van der Waals surface area contributed by atoms with Gasteiger partial charge in [-0.1, -0.05) is 71.9 Å². The molecule has 0 aliphatic carbocycles. The molecular weight excluding hydrogens is 460 g/mol. The van der Waals surface area contributed by atoms with E-state index in [1.54, 1.807) is 0 Å². The van der Waals surface area contributed by atoms with Crippen molar-refractivity contribution in [2.45, 2.75) is 32.3 Å². The lowest BCUT2D eigenvalue weighted by atomic mass is 10.0. The van der Waals surface area contributed by atoms with Crippen LogP contribution in [0.15, 0.2) is 59.8 Å². The van der Waals surface area contributed by atoms with Crippen LogP contribution in [0.2, 0.25) is 0 Å². The van der Waals surface area contributed by atoms with Crippen LogP contribution < -0.4 is 16.5 Å². The fourth-order valence-corrected chi connectivity index (χ4v) is 4.77. The van der Waals surface area contributed by atoms with Crippen molar-refractivity contribution in [1.82, 2.24) is 20.2 Å². The second kappa shape index (κ2) is 10.6. The molecule has 2 amide bonds. The molecule has 180 valence electrons. The van der Waals surface area contributed by atoms with Crippen molar-refractivity contribution in [2.24, 2.45) is 0 Å². The Labute approximate surface area is 208 Å². The Morgan fingerprint density at radius 2 is 1.69 bits per heavy atom. The summed E-state index contributed by atoms with van der Waals surface area (Å²) in [6, 6.07) is 18.3. The Bertz CT molecular complexity index is 1370. The zero-order valence-corrected chi connectivity index (χ0v) is 20.8. The van der Waals surface area contributed by atoms with Crippen LogP contribution in [0, 0.1) is 20.8 Å². The van der Waals surface area contributed by atoms with E-state index >= 15 is 0 Å². The third-order valence-electron chi connectivity index (χ3n) is 5.68. The molecule has 0 saturated carbocycles. The first-order valence-electron chi connectivity index (χ1n) is 11.2. The highest BCUT2D eigenvalue weighted by Gasteiger charge is 2.15. The van der Waals surface area contributed by atoms with Gasteiger partial charge in [-0.2, -0.15) is 0 Å². The number of nitrogens with one attached hydrogen (secondary N) is 2. The first kappa shape index (κ1) is 24.3. The van der Waals surface area contributed by atoms with E-state index in [4.69, 9.17) is 5.84 Å². The summed E-state index contributed by atoms with van der Waals surface area (Å²) in [6.45, 7) is 5.79. The zero-order valence-electron chi connectivity index (χ0n) is 20.0. The molecule has 0 spiro atoms. The molecule has 0 aliphatic heterocycles. The normalized spacial score (nSPS) is 10.9. The zero-order chi connectivity index (χ0) is 24.9. The summed E-state index contributed by atoms with van der Waals surface area (Å²) < 4.78 is 1.41. The van der Waals surface area contributed by atoms with E-state index in [0.717, 1.165) is 38.7 Å². The number of nitrogens with zero attached hydrogens (tertiary/aromatic N) is 3. The number of nitrogens with two attached hydrogens (primary N) is 1. The molecular formula is C26H28N6O2S. The Morgan fingerprint density at radius 3 is 2.46 bits per heavy atom. The predicted molar refractivity (Wildman–Crippen MR) is 140 cm³/mol. The van der Waals surface area contributed by atoms with Gasteiger partial charge in [0.25, 0.3) is 0 Å². The first-order chi connectivity index (χ1) is 16.8. The monoisotopic (exact) mass is 488 g/mol. The fraction of sp³-hybridized carbons (Fsp3) is 0.231. The minimum Gasteiger partial charge on any atom is -0.346 e. The average Bonchev–Trinajstić information content (AvgIpc) is 3.18. The van der Waals surface area contributed by atoms with Crippen LogP contribution in [0.4, 0.5) is 5.69 Å². The van der Waals surface area contributed by atoms with Gasteiger partial charge < -0.3 is 16.5 Å². The molecule has 4 rings (SSSR count). The summed E-state index contributed by atoms with van der Waals surface area (Å²) in [7, 11) is 0. The van der Waals surface area contributed by atoms with Crippen LogP contribution >= 0.6 is 11.8 Å². The van der Waals surface area contributed by atoms with Gasteiger partial charge in [-0.05, 0) is 48.2 Å². The number of aromatic nitrogens is 3.